The maximum atomic E-state index is 13.8. The minimum Gasteiger partial charge on any atom is -0.457 e. The van der Waals surface area contributed by atoms with Crippen LogP contribution in [0.3, 0.4) is 0 Å². The Morgan fingerprint density at radius 3 is 2.05 bits per heavy atom. The van der Waals surface area contributed by atoms with E-state index in [2.05, 4.69) is 5.32 Å². The number of nitrogens with zero attached hydrogens (tertiary/aromatic N) is 2. The fourth-order valence-electron chi connectivity index (χ4n) is 4.99. The number of benzene rings is 3. The number of sulfonamides is 1. The molecule has 2 amide bonds. The number of carbonyl (C=O) groups is 2. The molecule has 0 spiro atoms. The Labute approximate surface area is 237 Å². The Morgan fingerprint density at radius 1 is 0.900 bits per heavy atom. The summed E-state index contributed by atoms with van der Waals surface area (Å²) in [5.74, 6) is 0.540. The van der Waals surface area contributed by atoms with Gasteiger partial charge in [-0.25, -0.2) is 8.42 Å². The van der Waals surface area contributed by atoms with Crippen LogP contribution in [0.25, 0.3) is 0 Å². The summed E-state index contributed by atoms with van der Waals surface area (Å²) in [4.78, 5) is 28.7. The summed E-state index contributed by atoms with van der Waals surface area (Å²) < 4.78 is 32.6. The van der Waals surface area contributed by atoms with Crippen molar-refractivity contribution in [3.63, 3.8) is 0 Å². The average molecular weight is 564 g/mol. The van der Waals surface area contributed by atoms with E-state index in [9.17, 15) is 18.0 Å². The molecule has 1 unspecified atom stereocenters. The summed E-state index contributed by atoms with van der Waals surface area (Å²) in [5, 5.41) is 3.11. The molecule has 9 heteroatoms. The van der Waals surface area contributed by atoms with E-state index in [0.717, 1.165) is 41.8 Å². The number of amides is 2. The Hall–Kier alpha value is -3.85. The molecule has 0 saturated heterocycles. The van der Waals surface area contributed by atoms with Gasteiger partial charge in [0.05, 0.1) is 11.9 Å². The van der Waals surface area contributed by atoms with Crippen LogP contribution in [-0.2, 0) is 26.2 Å². The van der Waals surface area contributed by atoms with Crippen LogP contribution >= 0.6 is 0 Å². The monoisotopic (exact) mass is 563 g/mol. The lowest BCUT2D eigenvalue weighted by Gasteiger charge is -2.33. The van der Waals surface area contributed by atoms with Crippen molar-refractivity contribution in [1.29, 1.82) is 0 Å². The van der Waals surface area contributed by atoms with E-state index in [1.165, 1.54) is 4.90 Å². The van der Waals surface area contributed by atoms with Crippen LogP contribution in [0.4, 0.5) is 5.69 Å². The molecule has 1 aliphatic rings. The van der Waals surface area contributed by atoms with Crippen LogP contribution in [-0.4, -0.2) is 50.0 Å². The molecule has 0 aliphatic heterocycles. The lowest BCUT2D eigenvalue weighted by atomic mass is 10.1. The van der Waals surface area contributed by atoms with Gasteiger partial charge in [0.1, 0.15) is 24.1 Å². The van der Waals surface area contributed by atoms with Crippen LogP contribution in [0.1, 0.15) is 44.6 Å². The van der Waals surface area contributed by atoms with Gasteiger partial charge < -0.3 is 15.0 Å². The lowest BCUT2D eigenvalue weighted by molar-refractivity contribution is -0.140. The highest BCUT2D eigenvalue weighted by molar-refractivity contribution is 7.92. The second-order valence-electron chi connectivity index (χ2n) is 10.1. The van der Waals surface area contributed by atoms with Crippen molar-refractivity contribution in [1.82, 2.24) is 10.2 Å². The smallest absolute Gasteiger partial charge is 0.244 e. The zero-order chi connectivity index (χ0) is 28.5. The van der Waals surface area contributed by atoms with Crippen molar-refractivity contribution in [2.45, 2.75) is 57.7 Å². The first-order valence-corrected chi connectivity index (χ1v) is 15.5. The van der Waals surface area contributed by atoms with Crippen LogP contribution in [0.15, 0.2) is 84.9 Å². The first-order chi connectivity index (χ1) is 19.2. The van der Waals surface area contributed by atoms with Gasteiger partial charge in [-0.15, -0.1) is 0 Å². The number of para-hydroxylation sites is 1. The minimum atomic E-state index is -3.82. The van der Waals surface area contributed by atoms with Gasteiger partial charge in [-0.05, 0) is 61.2 Å². The average Bonchev–Trinajstić information content (AvgIpc) is 3.45. The van der Waals surface area contributed by atoms with E-state index in [-0.39, 0.29) is 18.5 Å². The van der Waals surface area contributed by atoms with E-state index in [1.54, 1.807) is 24.3 Å². The number of anilines is 1. The second kappa shape index (κ2) is 13.5. The Bertz CT molecular complexity index is 1360. The summed E-state index contributed by atoms with van der Waals surface area (Å²) >= 11 is 0. The van der Waals surface area contributed by atoms with Crippen LogP contribution in [0, 0.1) is 0 Å². The summed E-state index contributed by atoms with van der Waals surface area (Å²) in [6.07, 6.45) is 5.49. The third-order valence-corrected chi connectivity index (χ3v) is 8.21. The molecule has 1 atom stereocenters. The summed E-state index contributed by atoms with van der Waals surface area (Å²) in [5.41, 5.74) is 1.19. The largest absolute Gasteiger partial charge is 0.457 e. The van der Waals surface area contributed by atoms with Gasteiger partial charge in [0.25, 0.3) is 0 Å². The molecule has 0 heterocycles. The van der Waals surface area contributed by atoms with Gasteiger partial charge in [0, 0.05) is 12.6 Å². The third-order valence-electron chi connectivity index (χ3n) is 7.07. The van der Waals surface area contributed by atoms with E-state index in [1.807, 2.05) is 67.6 Å². The van der Waals surface area contributed by atoms with Crippen molar-refractivity contribution in [2.75, 3.05) is 17.1 Å². The van der Waals surface area contributed by atoms with Crippen molar-refractivity contribution in [3.8, 4) is 11.5 Å². The van der Waals surface area contributed by atoms with E-state index in [4.69, 9.17) is 4.74 Å². The molecule has 1 aliphatic carbocycles. The predicted molar refractivity (Wildman–Crippen MR) is 157 cm³/mol. The Balaban J connectivity index is 1.56. The normalized spacial score (nSPS) is 14.3. The molecule has 1 saturated carbocycles. The van der Waals surface area contributed by atoms with E-state index in [0.29, 0.717) is 23.6 Å². The summed E-state index contributed by atoms with van der Waals surface area (Å²) in [6, 6.07) is 24.6. The maximum Gasteiger partial charge on any atom is 0.244 e. The second-order valence-corrected chi connectivity index (χ2v) is 12.0. The SMILES string of the molecule is CCC(C(=O)NC1CCCC1)N(Cc1ccccc1)C(=O)CN(c1ccc(Oc2ccccc2)cc1)S(C)(=O)=O. The fraction of sp³-hybridized carbons (Fsp3) is 0.355. The molecule has 3 aromatic carbocycles. The number of nitrogens with one attached hydrogen (secondary N) is 1. The number of rotatable bonds is 12. The fourth-order valence-corrected chi connectivity index (χ4v) is 5.84. The maximum absolute atomic E-state index is 13.8. The molecule has 4 rings (SSSR count). The number of hydrogen-bond donors (Lipinski definition) is 1. The van der Waals surface area contributed by atoms with Crippen molar-refractivity contribution in [3.05, 3.63) is 90.5 Å². The van der Waals surface area contributed by atoms with Crippen molar-refractivity contribution < 1.29 is 22.7 Å². The first kappa shape index (κ1) is 29.1. The van der Waals surface area contributed by atoms with Gasteiger partial charge in [0.2, 0.25) is 21.8 Å². The van der Waals surface area contributed by atoms with Crippen molar-refractivity contribution in [2.24, 2.45) is 0 Å². The van der Waals surface area contributed by atoms with Gasteiger partial charge >= 0.3 is 0 Å². The first-order valence-electron chi connectivity index (χ1n) is 13.7. The lowest BCUT2D eigenvalue weighted by Crippen LogP contribution is -2.53. The summed E-state index contributed by atoms with van der Waals surface area (Å²) in [6.45, 7) is 1.62. The highest BCUT2D eigenvalue weighted by Crippen LogP contribution is 2.26. The van der Waals surface area contributed by atoms with E-state index >= 15 is 0 Å². The number of carbonyl (C=O) groups excluding carboxylic acids is 2. The zero-order valence-corrected chi connectivity index (χ0v) is 23.8. The summed E-state index contributed by atoms with van der Waals surface area (Å²) in [7, 11) is -3.82. The molecule has 40 heavy (non-hydrogen) atoms. The molecule has 0 radical (unpaired) electrons. The minimum absolute atomic E-state index is 0.111. The van der Waals surface area contributed by atoms with Crippen LogP contribution in [0.5, 0.6) is 11.5 Å². The van der Waals surface area contributed by atoms with Crippen molar-refractivity contribution >= 4 is 27.5 Å². The predicted octanol–water partition coefficient (Wildman–Crippen LogP) is 5.11. The molecule has 1 N–H and O–H groups in total. The van der Waals surface area contributed by atoms with E-state index < -0.39 is 28.5 Å². The molecule has 0 bridgehead atoms. The van der Waals surface area contributed by atoms with Gasteiger partial charge in [0.15, 0.2) is 0 Å². The molecular formula is C31H37N3O5S. The molecule has 3 aromatic rings. The topological polar surface area (TPSA) is 96.0 Å². The highest BCUT2D eigenvalue weighted by atomic mass is 32.2. The molecule has 212 valence electrons. The number of hydrogen-bond acceptors (Lipinski definition) is 5. The highest BCUT2D eigenvalue weighted by Gasteiger charge is 2.33. The Morgan fingerprint density at radius 2 is 1.48 bits per heavy atom. The van der Waals surface area contributed by atoms with Crippen LogP contribution < -0.4 is 14.4 Å². The quantitative estimate of drug-likeness (QED) is 0.330. The number of ether oxygens (including phenoxy) is 1. The molecule has 0 aromatic heterocycles. The third kappa shape index (κ3) is 7.85. The van der Waals surface area contributed by atoms with Gasteiger partial charge in [-0.3, -0.25) is 13.9 Å². The molecular weight excluding hydrogens is 526 g/mol. The van der Waals surface area contributed by atoms with Gasteiger partial charge in [-0.1, -0.05) is 68.3 Å². The standard InChI is InChI=1S/C31H37N3O5S/c1-3-29(31(36)32-25-14-10-11-15-25)33(22-24-12-6-4-7-13-24)30(35)23-34(40(2,37)38)26-18-20-28(21-19-26)39-27-16-8-5-9-17-27/h4-9,12-13,16-21,25,29H,3,10-11,14-15,22-23H2,1-2H3,(H,32,36). The van der Waals surface area contributed by atoms with Gasteiger partial charge in [-0.2, -0.15) is 0 Å². The van der Waals surface area contributed by atoms with Crippen LogP contribution in [0.2, 0.25) is 0 Å². The molecule has 1 fully saturated rings. The Kier molecular flexibility index (Phi) is 9.82. The molecule has 8 nitrogen and oxygen atoms in total. The zero-order valence-electron chi connectivity index (χ0n) is 23.0.